The third-order valence-electron chi connectivity index (χ3n) is 2.94. The van der Waals surface area contributed by atoms with Crippen molar-refractivity contribution in [2.45, 2.75) is 39.2 Å². The van der Waals surface area contributed by atoms with Gasteiger partial charge in [-0.25, -0.2) is 0 Å². The van der Waals surface area contributed by atoms with E-state index < -0.39 is 0 Å². The second-order valence-corrected chi connectivity index (χ2v) is 4.80. The van der Waals surface area contributed by atoms with Gasteiger partial charge in [0, 0.05) is 18.4 Å². The van der Waals surface area contributed by atoms with Gasteiger partial charge in [-0.05, 0) is 39.3 Å². The quantitative estimate of drug-likeness (QED) is 0.857. The minimum atomic E-state index is -0.215. The number of hydrogen-bond acceptors (Lipinski definition) is 3. The fraction of sp³-hybridized carbons (Fsp3) is 0.545. The molecule has 5 heteroatoms. The number of rotatable bonds is 3. The molecule has 0 radical (unpaired) electrons. The van der Waals surface area contributed by atoms with Crippen molar-refractivity contribution in [1.29, 1.82) is 0 Å². The van der Waals surface area contributed by atoms with Crippen molar-refractivity contribution < 1.29 is 0 Å². The number of nitrogens with zero attached hydrogens (tertiary/aromatic N) is 4. The van der Waals surface area contributed by atoms with E-state index in [4.69, 9.17) is 0 Å². The Balaban J connectivity index is 2.36. The van der Waals surface area contributed by atoms with E-state index in [1.807, 2.05) is 0 Å². The highest BCUT2D eigenvalue weighted by Crippen LogP contribution is 2.29. The smallest absolute Gasteiger partial charge is 0.184 e. The molecular formula is C11H17N5. The molecule has 0 fully saturated rings. The topological polar surface area (TPSA) is 59.4 Å². The van der Waals surface area contributed by atoms with Gasteiger partial charge in [0.2, 0.25) is 0 Å². The van der Waals surface area contributed by atoms with E-state index in [1.165, 1.54) is 5.56 Å². The second-order valence-electron chi connectivity index (χ2n) is 4.80. The zero-order valence-corrected chi connectivity index (χ0v) is 10.1. The van der Waals surface area contributed by atoms with Crippen LogP contribution in [0.3, 0.4) is 0 Å². The van der Waals surface area contributed by atoms with E-state index in [1.54, 1.807) is 0 Å². The summed E-state index contributed by atoms with van der Waals surface area (Å²) in [6.45, 7) is 8.51. The van der Waals surface area contributed by atoms with Crippen molar-refractivity contribution >= 4 is 0 Å². The van der Waals surface area contributed by atoms with Gasteiger partial charge in [-0.2, -0.15) is 5.21 Å². The first kappa shape index (κ1) is 10.9. The van der Waals surface area contributed by atoms with Crippen LogP contribution in [0.5, 0.6) is 0 Å². The molecule has 0 aliphatic rings. The van der Waals surface area contributed by atoms with E-state index in [0.29, 0.717) is 11.9 Å². The highest BCUT2D eigenvalue weighted by atomic mass is 15.5. The summed E-state index contributed by atoms with van der Waals surface area (Å²) in [6, 6.07) is 2.57. The van der Waals surface area contributed by atoms with E-state index >= 15 is 0 Å². The lowest BCUT2D eigenvalue weighted by molar-refractivity contribution is 0.572. The van der Waals surface area contributed by atoms with Gasteiger partial charge in [-0.3, -0.25) is 0 Å². The fourth-order valence-corrected chi connectivity index (χ4v) is 1.66. The van der Waals surface area contributed by atoms with Crippen LogP contribution in [0.4, 0.5) is 0 Å². The molecule has 1 N–H and O–H groups in total. The van der Waals surface area contributed by atoms with Gasteiger partial charge in [-0.15, -0.1) is 10.2 Å². The van der Waals surface area contributed by atoms with Gasteiger partial charge >= 0.3 is 0 Å². The molecule has 5 nitrogen and oxygen atoms in total. The summed E-state index contributed by atoms with van der Waals surface area (Å²) in [6.07, 6.45) is 4.23. The summed E-state index contributed by atoms with van der Waals surface area (Å²) in [5.74, 6) is 0.717. The predicted molar refractivity (Wildman–Crippen MR) is 61.1 cm³/mol. The predicted octanol–water partition coefficient (Wildman–Crippen LogP) is 1.91. The molecule has 0 aliphatic heterocycles. The first-order valence-electron chi connectivity index (χ1n) is 5.43. The van der Waals surface area contributed by atoms with Crippen LogP contribution < -0.4 is 0 Å². The van der Waals surface area contributed by atoms with Crippen molar-refractivity contribution in [2.75, 3.05) is 0 Å². The number of nitrogens with one attached hydrogen (secondary N) is 1. The standard InChI is InChI=1S/C11H17N5/c1-8(2)16-6-5-9(7-16)11(3,4)10-12-14-15-13-10/h5-8H,1-4H3,(H,12,13,14,15). The molecule has 16 heavy (non-hydrogen) atoms. The Morgan fingerprint density at radius 1 is 1.38 bits per heavy atom. The Hall–Kier alpha value is -1.65. The maximum Gasteiger partial charge on any atom is 0.184 e. The Morgan fingerprint density at radius 2 is 2.12 bits per heavy atom. The SMILES string of the molecule is CC(C)n1ccc(C(C)(C)c2nn[nH]n2)c1. The third kappa shape index (κ3) is 1.73. The van der Waals surface area contributed by atoms with Crippen molar-refractivity contribution in [3.05, 3.63) is 29.8 Å². The molecule has 2 heterocycles. The maximum atomic E-state index is 4.06. The molecule has 2 aromatic heterocycles. The summed E-state index contributed by atoms with van der Waals surface area (Å²) in [7, 11) is 0. The van der Waals surface area contributed by atoms with Crippen molar-refractivity contribution in [2.24, 2.45) is 0 Å². The van der Waals surface area contributed by atoms with Crippen molar-refractivity contribution in [1.82, 2.24) is 25.2 Å². The average molecular weight is 219 g/mol. The normalized spacial score (nSPS) is 12.3. The molecular weight excluding hydrogens is 202 g/mol. The summed E-state index contributed by atoms with van der Waals surface area (Å²) in [5.41, 5.74) is 0.982. The number of tetrazole rings is 1. The minimum Gasteiger partial charge on any atom is -0.351 e. The Morgan fingerprint density at radius 3 is 2.62 bits per heavy atom. The highest BCUT2D eigenvalue weighted by molar-refractivity contribution is 5.28. The fourth-order valence-electron chi connectivity index (χ4n) is 1.66. The molecule has 0 aliphatic carbocycles. The molecule has 0 amide bonds. The summed E-state index contributed by atoms with van der Waals surface area (Å²) < 4.78 is 2.18. The second kappa shape index (κ2) is 3.73. The van der Waals surface area contributed by atoms with Gasteiger partial charge in [0.05, 0.1) is 5.41 Å². The number of hydrogen-bond donors (Lipinski definition) is 1. The number of aromatic nitrogens is 5. The number of aromatic amines is 1. The molecule has 0 atom stereocenters. The van der Waals surface area contributed by atoms with E-state index in [0.717, 1.165) is 0 Å². The van der Waals surface area contributed by atoms with Crippen molar-refractivity contribution in [3.63, 3.8) is 0 Å². The van der Waals surface area contributed by atoms with E-state index in [9.17, 15) is 0 Å². The first-order chi connectivity index (χ1) is 7.51. The van der Waals surface area contributed by atoms with Crippen LogP contribution in [0.25, 0.3) is 0 Å². The Labute approximate surface area is 94.9 Å². The first-order valence-corrected chi connectivity index (χ1v) is 5.43. The van der Waals surface area contributed by atoms with Crippen LogP contribution >= 0.6 is 0 Å². The molecule has 0 unspecified atom stereocenters. The Bertz CT molecular complexity index is 452. The molecule has 0 bridgehead atoms. The van der Waals surface area contributed by atoms with Crippen LogP contribution in [0.1, 0.15) is 45.1 Å². The summed E-state index contributed by atoms with van der Waals surface area (Å²) >= 11 is 0. The highest BCUT2D eigenvalue weighted by Gasteiger charge is 2.28. The molecule has 2 aromatic rings. The summed E-state index contributed by atoms with van der Waals surface area (Å²) in [4.78, 5) is 0. The lowest BCUT2D eigenvalue weighted by Crippen LogP contribution is -2.20. The largest absolute Gasteiger partial charge is 0.351 e. The van der Waals surface area contributed by atoms with Gasteiger partial charge in [-0.1, -0.05) is 5.21 Å². The summed E-state index contributed by atoms with van der Waals surface area (Å²) in [5, 5.41) is 14.2. The molecule has 2 rings (SSSR count). The molecule has 0 aromatic carbocycles. The average Bonchev–Trinajstić information content (AvgIpc) is 2.90. The number of H-pyrrole nitrogens is 1. The van der Waals surface area contributed by atoms with Crippen molar-refractivity contribution in [3.8, 4) is 0 Å². The molecule has 0 saturated carbocycles. The zero-order chi connectivity index (χ0) is 11.8. The maximum absolute atomic E-state index is 4.06. The molecule has 86 valence electrons. The lowest BCUT2D eigenvalue weighted by Gasteiger charge is -2.19. The van der Waals surface area contributed by atoms with Crippen LogP contribution in [0.15, 0.2) is 18.5 Å². The van der Waals surface area contributed by atoms with Gasteiger partial charge in [0.25, 0.3) is 0 Å². The van der Waals surface area contributed by atoms with E-state index in [2.05, 4.69) is 71.3 Å². The molecule has 0 spiro atoms. The lowest BCUT2D eigenvalue weighted by atomic mass is 9.86. The van der Waals surface area contributed by atoms with E-state index in [-0.39, 0.29) is 5.41 Å². The van der Waals surface area contributed by atoms with Gasteiger partial charge in [0.15, 0.2) is 5.82 Å². The monoisotopic (exact) mass is 219 g/mol. The van der Waals surface area contributed by atoms with Gasteiger partial charge in [0.1, 0.15) is 0 Å². The van der Waals surface area contributed by atoms with Gasteiger partial charge < -0.3 is 4.57 Å². The third-order valence-corrected chi connectivity index (χ3v) is 2.94. The van der Waals surface area contributed by atoms with Crippen LogP contribution in [-0.4, -0.2) is 25.2 Å². The van der Waals surface area contributed by atoms with Crippen LogP contribution in [0, 0.1) is 0 Å². The molecule has 0 saturated heterocycles. The minimum absolute atomic E-state index is 0.215. The van der Waals surface area contributed by atoms with Crippen LogP contribution in [0.2, 0.25) is 0 Å². The Kier molecular flexibility index (Phi) is 2.53. The zero-order valence-electron chi connectivity index (χ0n) is 10.1. The van der Waals surface area contributed by atoms with Crippen LogP contribution in [-0.2, 0) is 5.41 Å².